The van der Waals surface area contributed by atoms with Gasteiger partial charge in [-0.2, -0.15) is 5.10 Å². The molecule has 3 N–H and O–H groups in total. The van der Waals surface area contributed by atoms with Crippen molar-refractivity contribution in [2.45, 2.75) is 25.5 Å². The van der Waals surface area contributed by atoms with E-state index in [-0.39, 0.29) is 42.4 Å². The number of ether oxygens (including phenoxy) is 1. The highest BCUT2D eigenvalue weighted by Crippen LogP contribution is 2.22. The molecule has 2 unspecified atom stereocenters. The molecule has 1 fully saturated rings. The number of nitrogens with one attached hydrogen (secondary N) is 2. The van der Waals surface area contributed by atoms with Gasteiger partial charge >= 0.3 is 0 Å². The number of hydrogen-bond donors (Lipinski definition) is 3. The van der Waals surface area contributed by atoms with E-state index in [1.807, 2.05) is 20.0 Å². The Morgan fingerprint density at radius 2 is 2.09 bits per heavy atom. The van der Waals surface area contributed by atoms with Crippen LogP contribution in [0.2, 0.25) is 0 Å². The minimum absolute atomic E-state index is 0. The van der Waals surface area contributed by atoms with Crippen LogP contribution in [0.15, 0.2) is 41.7 Å². The summed E-state index contributed by atoms with van der Waals surface area (Å²) in [6.45, 7) is 8.01. The molecular formula is C22H34FIN6O2. The number of morpholine rings is 1. The summed E-state index contributed by atoms with van der Waals surface area (Å²) in [4.78, 5) is 6.88. The van der Waals surface area contributed by atoms with Crippen LogP contribution in [0.25, 0.3) is 0 Å². The molecule has 0 radical (unpaired) electrons. The molecule has 2 aromatic rings. The van der Waals surface area contributed by atoms with Crippen LogP contribution in [0, 0.1) is 5.82 Å². The molecule has 10 heteroatoms. The van der Waals surface area contributed by atoms with Gasteiger partial charge in [-0.1, -0.05) is 12.1 Å². The molecule has 32 heavy (non-hydrogen) atoms. The summed E-state index contributed by atoms with van der Waals surface area (Å²) >= 11 is 0. The Balaban J connectivity index is 0.00000363. The molecule has 0 aliphatic carbocycles. The van der Waals surface area contributed by atoms with Gasteiger partial charge in [-0.3, -0.25) is 9.58 Å². The Kier molecular flexibility index (Phi) is 10.3. The predicted octanol–water partition coefficient (Wildman–Crippen LogP) is 2.01. The monoisotopic (exact) mass is 560 g/mol. The van der Waals surface area contributed by atoms with Crippen molar-refractivity contribution in [2.24, 2.45) is 12.0 Å². The molecule has 178 valence electrons. The van der Waals surface area contributed by atoms with Gasteiger partial charge in [-0.25, -0.2) is 9.38 Å². The Labute approximate surface area is 206 Å². The standard InChI is InChI=1S/C22H33FN6O2.HI/c1-4-24-21(26-16-22(2,30)18-13-27-28(3)15-18)25-14-20(29-8-10-31-11-9-29)17-6-5-7-19(23)12-17;/h5-7,12-13,15,20,30H,4,8-11,14,16H2,1-3H3,(H2,24,25,26);1H. The fourth-order valence-corrected chi connectivity index (χ4v) is 3.62. The molecule has 0 spiro atoms. The van der Waals surface area contributed by atoms with Crippen molar-refractivity contribution in [1.29, 1.82) is 0 Å². The Morgan fingerprint density at radius 3 is 2.72 bits per heavy atom. The second-order valence-electron chi connectivity index (χ2n) is 7.97. The van der Waals surface area contributed by atoms with Gasteiger partial charge in [0.2, 0.25) is 0 Å². The zero-order valence-electron chi connectivity index (χ0n) is 18.9. The van der Waals surface area contributed by atoms with Crippen molar-refractivity contribution in [3.05, 3.63) is 53.6 Å². The summed E-state index contributed by atoms with van der Waals surface area (Å²) in [5, 5.41) is 21.5. The van der Waals surface area contributed by atoms with Crippen LogP contribution in [0.4, 0.5) is 4.39 Å². The molecule has 0 bridgehead atoms. The van der Waals surface area contributed by atoms with Gasteiger partial charge in [-0.15, -0.1) is 24.0 Å². The second kappa shape index (κ2) is 12.5. The van der Waals surface area contributed by atoms with Gasteiger partial charge in [-0.05, 0) is 31.5 Å². The van der Waals surface area contributed by atoms with Crippen LogP contribution in [-0.2, 0) is 17.4 Å². The fraction of sp³-hybridized carbons (Fsp3) is 0.545. The second-order valence-corrected chi connectivity index (χ2v) is 7.97. The first-order chi connectivity index (χ1) is 14.9. The Hall–Kier alpha value is -1.76. The van der Waals surface area contributed by atoms with E-state index in [1.165, 1.54) is 6.07 Å². The first kappa shape index (κ1) is 26.5. The number of nitrogens with zero attached hydrogens (tertiary/aromatic N) is 4. The van der Waals surface area contributed by atoms with Crippen molar-refractivity contribution in [2.75, 3.05) is 45.9 Å². The van der Waals surface area contributed by atoms with E-state index in [9.17, 15) is 9.50 Å². The lowest BCUT2D eigenvalue weighted by molar-refractivity contribution is 0.0169. The summed E-state index contributed by atoms with van der Waals surface area (Å²) in [5.74, 6) is 0.352. The third-order valence-electron chi connectivity index (χ3n) is 5.40. The highest BCUT2D eigenvalue weighted by atomic mass is 127. The number of hydrogen-bond acceptors (Lipinski definition) is 5. The van der Waals surface area contributed by atoms with E-state index in [4.69, 9.17) is 4.74 Å². The maximum absolute atomic E-state index is 13.9. The SMILES string of the molecule is CCNC(=NCC(C)(O)c1cnn(C)c1)NCC(c1cccc(F)c1)N1CCOCC1.I. The van der Waals surface area contributed by atoms with E-state index in [0.717, 1.165) is 18.7 Å². The normalized spacial score (nSPS) is 17.8. The lowest BCUT2D eigenvalue weighted by Crippen LogP contribution is -2.46. The Morgan fingerprint density at radius 1 is 1.34 bits per heavy atom. The third kappa shape index (κ3) is 7.39. The van der Waals surface area contributed by atoms with Crippen LogP contribution in [0.3, 0.4) is 0 Å². The van der Waals surface area contributed by atoms with Gasteiger partial charge in [0.25, 0.3) is 0 Å². The van der Waals surface area contributed by atoms with Crippen molar-refractivity contribution >= 4 is 29.9 Å². The molecular weight excluding hydrogens is 526 g/mol. The third-order valence-corrected chi connectivity index (χ3v) is 5.40. The Bertz CT molecular complexity index is 870. The molecule has 0 saturated carbocycles. The smallest absolute Gasteiger partial charge is 0.191 e. The first-order valence-electron chi connectivity index (χ1n) is 10.7. The van der Waals surface area contributed by atoms with E-state index in [2.05, 4.69) is 25.6 Å². The highest BCUT2D eigenvalue weighted by Gasteiger charge is 2.26. The van der Waals surface area contributed by atoms with E-state index in [1.54, 1.807) is 36.1 Å². The quantitative estimate of drug-likeness (QED) is 0.260. The largest absolute Gasteiger partial charge is 0.383 e. The minimum Gasteiger partial charge on any atom is -0.383 e. The lowest BCUT2D eigenvalue weighted by atomic mass is 10.0. The molecule has 3 rings (SSSR count). The topological polar surface area (TPSA) is 86.9 Å². The molecule has 2 heterocycles. The number of rotatable bonds is 8. The lowest BCUT2D eigenvalue weighted by Gasteiger charge is -2.35. The molecule has 1 aromatic carbocycles. The van der Waals surface area contributed by atoms with Crippen LogP contribution in [0.5, 0.6) is 0 Å². The van der Waals surface area contributed by atoms with Crippen LogP contribution < -0.4 is 10.6 Å². The number of guanidine groups is 1. The van der Waals surface area contributed by atoms with Crippen molar-refractivity contribution < 1.29 is 14.2 Å². The van der Waals surface area contributed by atoms with Crippen LogP contribution in [0.1, 0.15) is 31.0 Å². The summed E-state index contributed by atoms with van der Waals surface area (Å²) in [6, 6.07) is 6.70. The highest BCUT2D eigenvalue weighted by molar-refractivity contribution is 14.0. The average molecular weight is 560 g/mol. The van der Waals surface area contributed by atoms with Crippen LogP contribution in [-0.4, -0.2) is 71.7 Å². The van der Waals surface area contributed by atoms with Crippen molar-refractivity contribution in [3.8, 4) is 0 Å². The number of aliphatic hydroxyl groups is 1. The van der Waals surface area contributed by atoms with Gasteiger partial charge in [0.15, 0.2) is 5.96 Å². The molecule has 8 nitrogen and oxygen atoms in total. The molecule has 1 saturated heterocycles. The van der Waals surface area contributed by atoms with E-state index >= 15 is 0 Å². The first-order valence-corrected chi connectivity index (χ1v) is 10.7. The summed E-state index contributed by atoms with van der Waals surface area (Å²) in [5.41, 5.74) is 0.483. The van der Waals surface area contributed by atoms with Crippen molar-refractivity contribution in [3.63, 3.8) is 0 Å². The number of benzene rings is 1. The zero-order chi connectivity index (χ0) is 22.3. The minimum atomic E-state index is -1.14. The molecule has 1 aliphatic rings. The average Bonchev–Trinajstić information content (AvgIpc) is 3.20. The number of aliphatic imine (C=N–C) groups is 1. The number of aryl methyl sites for hydroxylation is 1. The molecule has 2 atom stereocenters. The summed E-state index contributed by atoms with van der Waals surface area (Å²) in [7, 11) is 1.81. The molecule has 1 aliphatic heterocycles. The van der Waals surface area contributed by atoms with E-state index in [0.29, 0.717) is 37.8 Å². The van der Waals surface area contributed by atoms with E-state index < -0.39 is 5.60 Å². The fourth-order valence-electron chi connectivity index (χ4n) is 3.62. The van der Waals surface area contributed by atoms with Gasteiger partial charge < -0.3 is 20.5 Å². The zero-order valence-corrected chi connectivity index (χ0v) is 21.3. The summed E-state index contributed by atoms with van der Waals surface area (Å²) in [6.07, 6.45) is 3.43. The maximum atomic E-state index is 13.9. The van der Waals surface area contributed by atoms with Gasteiger partial charge in [0.05, 0.1) is 32.0 Å². The number of halogens is 2. The van der Waals surface area contributed by atoms with Crippen LogP contribution >= 0.6 is 24.0 Å². The van der Waals surface area contributed by atoms with Gasteiger partial charge in [0, 0.05) is 45.0 Å². The van der Waals surface area contributed by atoms with Gasteiger partial charge in [0.1, 0.15) is 11.4 Å². The number of aromatic nitrogens is 2. The predicted molar refractivity (Wildman–Crippen MR) is 134 cm³/mol. The molecule has 1 aromatic heterocycles. The van der Waals surface area contributed by atoms with Crippen molar-refractivity contribution in [1.82, 2.24) is 25.3 Å². The maximum Gasteiger partial charge on any atom is 0.191 e. The molecule has 0 amide bonds. The summed E-state index contributed by atoms with van der Waals surface area (Å²) < 4.78 is 21.0.